The van der Waals surface area contributed by atoms with Gasteiger partial charge in [-0.3, -0.25) is 19.8 Å². The highest BCUT2D eigenvalue weighted by Gasteiger charge is 2.43. The zero-order valence-corrected chi connectivity index (χ0v) is 11.8. The molecule has 106 valence electrons. The van der Waals surface area contributed by atoms with Crippen molar-refractivity contribution in [2.75, 3.05) is 13.1 Å². The molecule has 2 unspecified atom stereocenters. The van der Waals surface area contributed by atoms with E-state index in [1.165, 1.54) is 0 Å². The standard InChI is InChI=1S/C12H26N4O2/c1-5-9(4)15-12(11(14)18,8-10(13)17)16(6-2)7-3/h9,15H,5-8H2,1-4H3,(H2,13,17)(H2,14,18). The number of carbonyl (C=O) groups excluding carboxylic acids is 2. The molecule has 0 radical (unpaired) electrons. The van der Waals surface area contributed by atoms with Crippen LogP contribution >= 0.6 is 0 Å². The Morgan fingerprint density at radius 1 is 1.22 bits per heavy atom. The zero-order valence-electron chi connectivity index (χ0n) is 11.8. The number of nitrogens with two attached hydrogens (primary N) is 2. The summed E-state index contributed by atoms with van der Waals surface area (Å²) in [6.45, 7) is 8.99. The van der Waals surface area contributed by atoms with Crippen molar-refractivity contribution in [3.63, 3.8) is 0 Å². The summed E-state index contributed by atoms with van der Waals surface area (Å²) in [5, 5.41) is 3.16. The first-order valence-electron chi connectivity index (χ1n) is 6.44. The van der Waals surface area contributed by atoms with Crippen molar-refractivity contribution < 1.29 is 9.59 Å². The van der Waals surface area contributed by atoms with E-state index in [0.717, 1.165) is 6.42 Å². The highest BCUT2D eigenvalue weighted by atomic mass is 16.2. The highest BCUT2D eigenvalue weighted by molar-refractivity contribution is 5.90. The average Bonchev–Trinajstić information content (AvgIpc) is 2.28. The van der Waals surface area contributed by atoms with Crippen LogP contribution in [0.2, 0.25) is 0 Å². The van der Waals surface area contributed by atoms with Crippen molar-refractivity contribution in [1.82, 2.24) is 10.2 Å². The first-order valence-corrected chi connectivity index (χ1v) is 6.44. The summed E-state index contributed by atoms with van der Waals surface area (Å²) in [5.74, 6) is -1.11. The Labute approximate surface area is 109 Å². The molecule has 0 fully saturated rings. The van der Waals surface area contributed by atoms with Crippen LogP contribution in [-0.2, 0) is 9.59 Å². The SMILES string of the molecule is CCC(C)NC(CC(N)=O)(C(N)=O)N(CC)CC. The number of nitrogens with zero attached hydrogens (tertiary/aromatic N) is 1. The van der Waals surface area contributed by atoms with Gasteiger partial charge < -0.3 is 11.5 Å². The predicted octanol–water partition coefficient (Wildman–Crippen LogP) is -0.227. The van der Waals surface area contributed by atoms with Crippen LogP contribution in [0.1, 0.15) is 40.5 Å². The van der Waals surface area contributed by atoms with Crippen LogP contribution in [0, 0.1) is 0 Å². The monoisotopic (exact) mass is 258 g/mol. The molecule has 0 aliphatic heterocycles. The van der Waals surface area contributed by atoms with E-state index in [1.807, 2.05) is 32.6 Å². The molecule has 18 heavy (non-hydrogen) atoms. The highest BCUT2D eigenvalue weighted by Crippen LogP contribution is 2.18. The number of hydrogen-bond acceptors (Lipinski definition) is 4. The number of rotatable bonds is 9. The lowest BCUT2D eigenvalue weighted by molar-refractivity contribution is -0.139. The van der Waals surface area contributed by atoms with Gasteiger partial charge in [0.05, 0.1) is 6.42 Å². The third-order valence-electron chi connectivity index (χ3n) is 3.24. The Hall–Kier alpha value is -1.14. The maximum Gasteiger partial charge on any atom is 0.253 e. The van der Waals surface area contributed by atoms with Gasteiger partial charge in [-0.15, -0.1) is 0 Å². The maximum absolute atomic E-state index is 11.9. The summed E-state index contributed by atoms with van der Waals surface area (Å²) in [6, 6.07) is 0.0671. The molecule has 0 spiro atoms. The van der Waals surface area contributed by atoms with E-state index in [9.17, 15) is 9.59 Å². The summed E-state index contributed by atoms with van der Waals surface area (Å²) >= 11 is 0. The summed E-state index contributed by atoms with van der Waals surface area (Å²) < 4.78 is 0. The predicted molar refractivity (Wildman–Crippen MR) is 71.5 cm³/mol. The molecule has 0 aromatic rings. The minimum Gasteiger partial charge on any atom is -0.370 e. The quantitative estimate of drug-likeness (QED) is 0.497. The molecule has 5 N–H and O–H groups in total. The molecule has 6 nitrogen and oxygen atoms in total. The minimum atomic E-state index is -1.19. The van der Waals surface area contributed by atoms with Crippen molar-refractivity contribution in [2.24, 2.45) is 11.5 Å². The van der Waals surface area contributed by atoms with Gasteiger partial charge in [-0.2, -0.15) is 0 Å². The van der Waals surface area contributed by atoms with E-state index in [0.29, 0.717) is 13.1 Å². The molecule has 0 aromatic heterocycles. The Morgan fingerprint density at radius 2 is 1.72 bits per heavy atom. The molecule has 6 heteroatoms. The largest absolute Gasteiger partial charge is 0.370 e. The van der Waals surface area contributed by atoms with Crippen LogP contribution in [-0.4, -0.2) is 41.5 Å². The van der Waals surface area contributed by atoms with Crippen LogP contribution in [0.4, 0.5) is 0 Å². The van der Waals surface area contributed by atoms with Crippen LogP contribution in [0.5, 0.6) is 0 Å². The van der Waals surface area contributed by atoms with E-state index in [-0.39, 0.29) is 12.5 Å². The van der Waals surface area contributed by atoms with Gasteiger partial charge in [0.1, 0.15) is 0 Å². The number of hydrogen-bond donors (Lipinski definition) is 3. The molecule has 0 heterocycles. The number of nitrogens with one attached hydrogen (secondary N) is 1. The number of amides is 2. The lowest BCUT2D eigenvalue weighted by atomic mass is 10.00. The van der Waals surface area contributed by atoms with Crippen LogP contribution < -0.4 is 16.8 Å². The normalized spacial score (nSPS) is 16.3. The van der Waals surface area contributed by atoms with E-state index < -0.39 is 17.5 Å². The summed E-state index contributed by atoms with van der Waals surface area (Å²) in [7, 11) is 0. The van der Waals surface area contributed by atoms with E-state index in [4.69, 9.17) is 11.5 Å². The number of primary amides is 2. The molecule has 0 saturated heterocycles. The number of likely N-dealkylation sites (N-methyl/N-ethyl adjacent to an activating group) is 1. The Balaban J connectivity index is 5.39. The maximum atomic E-state index is 11.9. The van der Waals surface area contributed by atoms with E-state index in [1.54, 1.807) is 0 Å². The third kappa shape index (κ3) is 3.96. The van der Waals surface area contributed by atoms with Crippen LogP contribution in [0.25, 0.3) is 0 Å². The average molecular weight is 258 g/mol. The molecule has 0 aliphatic carbocycles. The molecule has 0 rings (SSSR count). The minimum absolute atomic E-state index is 0.0671. The van der Waals surface area contributed by atoms with E-state index in [2.05, 4.69) is 5.32 Å². The molecule has 0 saturated carbocycles. The number of carbonyl (C=O) groups is 2. The Bertz CT molecular complexity index is 292. The second-order valence-electron chi connectivity index (χ2n) is 4.49. The third-order valence-corrected chi connectivity index (χ3v) is 3.24. The van der Waals surface area contributed by atoms with Gasteiger partial charge in [-0.05, 0) is 26.4 Å². The van der Waals surface area contributed by atoms with Gasteiger partial charge in [0.25, 0.3) is 5.91 Å². The van der Waals surface area contributed by atoms with Crippen LogP contribution in [0.15, 0.2) is 0 Å². The second kappa shape index (κ2) is 7.33. The van der Waals surface area contributed by atoms with Gasteiger partial charge in [-0.25, -0.2) is 0 Å². The van der Waals surface area contributed by atoms with Gasteiger partial charge in [0, 0.05) is 6.04 Å². The van der Waals surface area contributed by atoms with Crippen molar-refractivity contribution in [3.05, 3.63) is 0 Å². The van der Waals surface area contributed by atoms with E-state index >= 15 is 0 Å². The molecule has 0 bridgehead atoms. The molecule has 0 aliphatic rings. The smallest absolute Gasteiger partial charge is 0.253 e. The fourth-order valence-corrected chi connectivity index (χ4v) is 2.09. The van der Waals surface area contributed by atoms with Gasteiger partial charge in [-0.1, -0.05) is 20.8 Å². The fraction of sp³-hybridized carbons (Fsp3) is 0.833. The first kappa shape index (κ1) is 16.9. The van der Waals surface area contributed by atoms with Gasteiger partial charge in [0.2, 0.25) is 5.91 Å². The van der Waals surface area contributed by atoms with Crippen molar-refractivity contribution in [1.29, 1.82) is 0 Å². The Kier molecular flexibility index (Phi) is 6.86. The summed E-state index contributed by atoms with van der Waals surface area (Å²) in [4.78, 5) is 25.0. The summed E-state index contributed by atoms with van der Waals surface area (Å²) in [5.41, 5.74) is 9.60. The van der Waals surface area contributed by atoms with Gasteiger partial charge in [0.15, 0.2) is 5.66 Å². The Morgan fingerprint density at radius 3 is 2.00 bits per heavy atom. The van der Waals surface area contributed by atoms with Crippen molar-refractivity contribution in [3.8, 4) is 0 Å². The topological polar surface area (TPSA) is 101 Å². The zero-order chi connectivity index (χ0) is 14.3. The summed E-state index contributed by atoms with van der Waals surface area (Å²) in [6.07, 6.45) is 0.712. The van der Waals surface area contributed by atoms with Crippen molar-refractivity contribution in [2.45, 2.75) is 52.2 Å². The molecule has 2 atom stereocenters. The second-order valence-corrected chi connectivity index (χ2v) is 4.49. The van der Waals surface area contributed by atoms with Crippen LogP contribution in [0.3, 0.4) is 0 Å². The lowest BCUT2D eigenvalue weighted by Gasteiger charge is -2.42. The molecular weight excluding hydrogens is 232 g/mol. The fourth-order valence-electron chi connectivity index (χ4n) is 2.09. The molecule has 0 aromatic carbocycles. The molecular formula is C12H26N4O2. The molecule has 2 amide bonds. The van der Waals surface area contributed by atoms with Crippen molar-refractivity contribution >= 4 is 11.8 Å². The lowest BCUT2D eigenvalue weighted by Crippen LogP contribution is -2.69. The van der Waals surface area contributed by atoms with Gasteiger partial charge >= 0.3 is 0 Å². The first-order chi connectivity index (χ1) is 8.33.